The molecule has 1 aromatic rings. The summed E-state index contributed by atoms with van der Waals surface area (Å²) in [5, 5.41) is 2.73. The molecule has 0 saturated heterocycles. The summed E-state index contributed by atoms with van der Waals surface area (Å²) >= 11 is 0. The van der Waals surface area contributed by atoms with Crippen LogP contribution in [0.5, 0.6) is 0 Å². The lowest BCUT2D eigenvalue weighted by molar-refractivity contribution is 0.0956. The third kappa shape index (κ3) is 4.25. The molecule has 0 aliphatic heterocycles. The molecule has 0 bridgehead atoms. The lowest BCUT2D eigenvalue weighted by Gasteiger charge is -2.03. The Hall–Kier alpha value is -1.16. The largest absolute Gasteiger partial charge is 0.351 e. The zero-order valence-corrected chi connectivity index (χ0v) is 9.55. The van der Waals surface area contributed by atoms with Crippen LogP contribution in [-0.2, 0) is 10.8 Å². The van der Waals surface area contributed by atoms with Crippen molar-refractivity contribution in [3.8, 4) is 0 Å². The lowest BCUT2D eigenvalue weighted by Crippen LogP contribution is -2.27. The summed E-state index contributed by atoms with van der Waals surface area (Å²) in [5.74, 6) is 1.06. The fourth-order valence-electron chi connectivity index (χ4n) is 1.11. The zero-order chi connectivity index (χ0) is 11.1. The number of amides is 1. The van der Waals surface area contributed by atoms with E-state index in [1.807, 2.05) is 25.1 Å². The molecule has 0 aromatic heterocycles. The predicted octanol–water partition coefficient (Wildman–Crippen LogP) is 1.18. The number of hydrogen-bond donors (Lipinski definition) is 1. The quantitative estimate of drug-likeness (QED) is 0.818. The molecule has 1 rings (SSSR count). The van der Waals surface area contributed by atoms with Gasteiger partial charge in [0.05, 0.1) is 0 Å². The van der Waals surface area contributed by atoms with Gasteiger partial charge in [-0.15, -0.1) is 0 Å². The Labute approximate surface area is 92.3 Å². The highest BCUT2D eigenvalue weighted by Crippen LogP contribution is 1.97. The second-order valence-corrected chi connectivity index (χ2v) is 4.92. The van der Waals surface area contributed by atoms with Gasteiger partial charge in [0.25, 0.3) is 5.91 Å². The lowest BCUT2D eigenvalue weighted by atomic mass is 10.2. The maximum Gasteiger partial charge on any atom is 0.251 e. The summed E-state index contributed by atoms with van der Waals surface area (Å²) in [6, 6.07) is 9.01. The van der Waals surface area contributed by atoms with Crippen molar-refractivity contribution in [2.75, 3.05) is 18.1 Å². The Bertz CT molecular complexity index is 338. The van der Waals surface area contributed by atoms with Crippen molar-refractivity contribution in [3.05, 3.63) is 35.9 Å². The van der Waals surface area contributed by atoms with E-state index in [0.29, 0.717) is 23.6 Å². The van der Waals surface area contributed by atoms with E-state index in [4.69, 9.17) is 0 Å². The van der Waals surface area contributed by atoms with Gasteiger partial charge in [0, 0.05) is 34.4 Å². The van der Waals surface area contributed by atoms with E-state index in [1.54, 1.807) is 12.1 Å². The molecule has 0 spiro atoms. The standard InChI is InChI=1S/C11H15NO2S/c1-2-15(14)9-8-12-11(13)10-6-4-3-5-7-10/h3-7H,2,8-9H2,1H3,(H,12,13). The fourth-order valence-corrected chi connectivity index (χ4v) is 1.73. The van der Waals surface area contributed by atoms with E-state index < -0.39 is 10.8 Å². The van der Waals surface area contributed by atoms with Crippen LogP contribution < -0.4 is 5.32 Å². The van der Waals surface area contributed by atoms with Crippen molar-refractivity contribution in [1.29, 1.82) is 0 Å². The molecule has 1 amide bonds. The van der Waals surface area contributed by atoms with Crippen LogP contribution in [-0.4, -0.2) is 28.2 Å². The predicted molar refractivity (Wildman–Crippen MR) is 62.3 cm³/mol. The molecule has 15 heavy (non-hydrogen) atoms. The average Bonchev–Trinajstić information content (AvgIpc) is 2.29. The molecule has 3 nitrogen and oxygen atoms in total. The molecule has 1 atom stereocenters. The Morgan fingerprint density at radius 1 is 1.33 bits per heavy atom. The Morgan fingerprint density at radius 2 is 2.00 bits per heavy atom. The second-order valence-electron chi connectivity index (χ2n) is 3.05. The van der Waals surface area contributed by atoms with Gasteiger partial charge in [-0.05, 0) is 12.1 Å². The van der Waals surface area contributed by atoms with Crippen LogP contribution in [0.3, 0.4) is 0 Å². The number of carbonyl (C=O) groups is 1. The van der Waals surface area contributed by atoms with Crippen LogP contribution in [0.1, 0.15) is 17.3 Å². The van der Waals surface area contributed by atoms with Gasteiger partial charge < -0.3 is 5.32 Å². The summed E-state index contributed by atoms with van der Waals surface area (Å²) in [7, 11) is -0.815. The molecular weight excluding hydrogens is 210 g/mol. The Balaban J connectivity index is 2.34. The molecule has 82 valence electrons. The van der Waals surface area contributed by atoms with Crippen molar-refractivity contribution < 1.29 is 9.00 Å². The monoisotopic (exact) mass is 225 g/mol. The smallest absolute Gasteiger partial charge is 0.251 e. The molecule has 4 heteroatoms. The van der Waals surface area contributed by atoms with Gasteiger partial charge in [-0.1, -0.05) is 25.1 Å². The second kappa shape index (κ2) is 6.35. The fraction of sp³-hybridized carbons (Fsp3) is 0.364. The van der Waals surface area contributed by atoms with Crippen molar-refractivity contribution in [3.63, 3.8) is 0 Å². The number of rotatable bonds is 5. The number of nitrogens with one attached hydrogen (secondary N) is 1. The van der Waals surface area contributed by atoms with Crippen molar-refractivity contribution >= 4 is 16.7 Å². The maximum atomic E-state index is 11.5. The highest BCUT2D eigenvalue weighted by molar-refractivity contribution is 7.84. The van der Waals surface area contributed by atoms with Crippen LogP contribution in [0.25, 0.3) is 0 Å². The normalized spacial score (nSPS) is 12.1. The Morgan fingerprint density at radius 3 is 2.60 bits per heavy atom. The van der Waals surface area contributed by atoms with Crippen LogP contribution in [0.15, 0.2) is 30.3 Å². The van der Waals surface area contributed by atoms with E-state index in [0.717, 1.165) is 0 Å². The average molecular weight is 225 g/mol. The van der Waals surface area contributed by atoms with Gasteiger partial charge in [0.1, 0.15) is 0 Å². The van der Waals surface area contributed by atoms with Gasteiger partial charge in [-0.3, -0.25) is 9.00 Å². The van der Waals surface area contributed by atoms with Crippen molar-refractivity contribution in [1.82, 2.24) is 5.32 Å². The highest BCUT2D eigenvalue weighted by Gasteiger charge is 2.03. The number of benzene rings is 1. The molecular formula is C11H15NO2S. The first-order chi connectivity index (χ1) is 7.24. The van der Waals surface area contributed by atoms with E-state index in [1.165, 1.54) is 0 Å². The molecule has 0 aliphatic carbocycles. The molecule has 0 fully saturated rings. The zero-order valence-electron chi connectivity index (χ0n) is 8.73. The van der Waals surface area contributed by atoms with Crippen molar-refractivity contribution in [2.45, 2.75) is 6.92 Å². The van der Waals surface area contributed by atoms with E-state index in [2.05, 4.69) is 5.32 Å². The Kier molecular flexibility index (Phi) is 5.04. The van der Waals surface area contributed by atoms with Gasteiger partial charge >= 0.3 is 0 Å². The molecule has 0 aliphatic rings. The van der Waals surface area contributed by atoms with Gasteiger partial charge in [-0.25, -0.2) is 0 Å². The molecule has 1 N–H and O–H groups in total. The van der Waals surface area contributed by atoms with Gasteiger partial charge in [-0.2, -0.15) is 0 Å². The SMILES string of the molecule is CCS(=O)CCNC(=O)c1ccccc1. The minimum atomic E-state index is -0.815. The third-order valence-electron chi connectivity index (χ3n) is 1.97. The van der Waals surface area contributed by atoms with E-state index >= 15 is 0 Å². The summed E-state index contributed by atoms with van der Waals surface area (Å²) in [5.41, 5.74) is 0.639. The molecule has 1 aromatic carbocycles. The van der Waals surface area contributed by atoms with E-state index in [9.17, 15) is 9.00 Å². The van der Waals surface area contributed by atoms with Gasteiger partial charge in [0.15, 0.2) is 0 Å². The third-order valence-corrected chi connectivity index (χ3v) is 3.28. The highest BCUT2D eigenvalue weighted by atomic mass is 32.2. The number of hydrogen-bond acceptors (Lipinski definition) is 2. The van der Waals surface area contributed by atoms with Crippen LogP contribution in [0.4, 0.5) is 0 Å². The summed E-state index contributed by atoms with van der Waals surface area (Å²) < 4.78 is 11.1. The molecule has 0 radical (unpaired) electrons. The molecule has 1 unspecified atom stereocenters. The first kappa shape index (κ1) is 11.9. The molecule has 0 heterocycles. The van der Waals surface area contributed by atoms with Gasteiger partial charge in [0.2, 0.25) is 0 Å². The molecule has 0 saturated carbocycles. The van der Waals surface area contributed by atoms with Crippen LogP contribution in [0.2, 0.25) is 0 Å². The first-order valence-electron chi connectivity index (χ1n) is 4.92. The van der Waals surface area contributed by atoms with Crippen LogP contribution in [0, 0.1) is 0 Å². The maximum absolute atomic E-state index is 11.5. The summed E-state index contributed by atoms with van der Waals surface area (Å²) in [4.78, 5) is 11.5. The minimum Gasteiger partial charge on any atom is -0.351 e. The summed E-state index contributed by atoms with van der Waals surface area (Å²) in [6.07, 6.45) is 0. The topological polar surface area (TPSA) is 46.2 Å². The number of carbonyl (C=O) groups excluding carboxylic acids is 1. The van der Waals surface area contributed by atoms with Crippen LogP contribution >= 0.6 is 0 Å². The summed E-state index contributed by atoms with van der Waals surface area (Å²) in [6.45, 7) is 2.34. The van der Waals surface area contributed by atoms with E-state index in [-0.39, 0.29) is 5.91 Å². The first-order valence-corrected chi connectivity index (χ1v) is 6.41. The minimum absolute atomic E-state index is 0.108. The van der Waals surface area contributed by atoms with Crippen molar-refractivity contribution in [2.24, 2.45) is 0 Å².